The molecule has 10 rings (SSSR count). The van der Waals surface area contributed by atoms with Crippen molar-refractivity contribution in [1.82, 2.24) is 4.57 Å². The molecule has 210 valence electrons. The summed E-state index contributed by atoms with van der Waals surface area (Å²) < 4.78 is 7.78. The highest BCUT2D eigenvalue weighted by Gasteiger charge is 2.16. The van der Waals surface area contributed by atoms with Crippen LogP contribution >= 0.6 is 22.7 Å². The third kappa shape index (κ3) is 3.85. The van der Waals surface area contributed by atoms with Crippen molar-refractivity contribution in [3.05, 3.63) is 152 Å². The molecule has 0 atom stereocenters. The first-order chi connectivity index (χ1) is 22.3. The molecule has 3 heterocycles. The van der Waals surface area contributed by atoms with E-state index in [1.54, 1.807) is 0 Å². The maximum absolute atomic E-state index is 2.46. The van der Waals surface area contributed by atoms with Crippen LogP contribution in [0.15, 0.2) is 152 Å². The number of benzene rings is 7. The van der Waals surface area contributed by atoms with E-state index >= 15 is 0 Å². The van der Waals surface area contributed by atoms with Gasteiger partial charge in [-0.2, -0.15) is 0 Å². The van der Waals surface area contributed by atoms with Gasteiger partial charge in [0, 0.05) is 56.8 Å². The van der Waals surface area contributed by atoms with Gasteiger partial charge in [-0.3, -0.25) is 0 Å². The molecule has 0 N–H and O–H groups in total. The number of nitrogens with zero attached hydrogens (tertiary/aromatic N) is 1. The van der Waals surface area contributed by atoms with Crippen molar-refractivity contribution in [2.45, 2.75) is 0 Å². The molecular formula is C42H25NS2. The zero-order valence-corrected chi connectivity index (χ0v) is 25.8. The van der Waals surface area contributed by atoms with Crippen LogP contribution < -0.4 is 0 Å². The van der Waals surface area contributed by atoms with Gasteiger partial charge in [-0.15, -0.1) is 22.7 Å². The Bertz CT molecular complexity index is 2760. The van der Waals surface area contributed by atoms with E-state index in [-0.39, 0.29) is 0 Å². The van der Waals surface area contributed by atoms with Crippen molar-refractivity contribution >= 4 is 84.8 Å². The van der Waals surface area contributed by atoms with Crippen molar-refractivity contribution < 1.29 is 0 Å². The van der Waals surface area contributed by atoms with E-state index in [9.17, 15) is 0 Å². The van der Waals surface area contributed by atoms with E-state index in [1.807, 2.05) is 22.7 Å². The van der Waals surface area contributed by atoms with Gasteiger partial charge in [-0.25, -0.2) is 0 Å². The number of hydrogen-bond acceptors (Lipinski definition) is 2. The number of hydrogen-bond donors (Lipinski definition) is 0. The van der Waals surface area contributed by atoms with E-state index < -0.39 is 0 Å². The van der Waals surface area contributed by atoms with E-state index in [1.165, 1.54) is 90.1 Å². The molecule has 0 amide bonds. The molecule has 0 fully saturated rings. The van der Waals surface area contributed by atoms with Gasteiger partial charge in [0.2, 0.25) is 0 Å². The molecular weight excluding hydrogens is 583 g/mol. The van der Waals surface area contributed by atoms with Crippen molar-refractivity contribution in [1.29, 1.82) is 0 Å². The van der Waals surface area contributed by atoms with Crippen LogP contribution in [0.25, 0.3) is 90.1 Å². The standard InChI is InChI=1S/C42H25NS2/c1-2-8-26(9-3-1)29-14-18-31-35-22-27(28-16-21-41-36(23-28)33-11-5-7-13-40(33)44-41)15-20-37(35)43(38(31)24-29)30-17-19-34-32-10-4-6-12-39(32)45-42(34)25-30/h1-25H. The van der Waals surface area contributed by atoms with Crippen LogP contribution in [-0.4, -0.2) is 4.57 Å². The molecule has 10 aromatic rings. The molecule has 3 heteroatoms. The third-order valence-corrected chi connectivity index (χ3v) is 11.5. The quantitative estimate of drug-likeness (QED) is 0.188. The van der Waals surface area contributed by atoms with E-state index in [0.29, 0.717) is 0 Å². The molecule has 0 spiro atoms. The van der Waals surface area contributed by atoms with Crippen LogP contribution in [0.3, 0.4) is 0 Å². The second-order valence-corrected chi connectivity index (χ2v) is 13.9. The number of thiophene rings is 2. The van der Waals surface area contributed by atoms with Gasteiger partial charge in [-0.1, -0.05) is 97.1 Å². The van der Waals surface area contributed by atoms with Crippen LogP contribution in [0.1, 0.15) is 0 Å². The predicted molar refractivity (Wildman–Crippen MR) is 197 cm³/mol. The fraction of sp³-hybridized carbons (Fsp3) is 0. The summed E-state index contributed by atoms with van der Waals surface area (Å²) in [5.41, 5.74) is 8.59. The Morgan fingerprint density at radius 1 is 0.311 bits per heavy atom. The van der Waals surface area contributed by atoms with Crippen LogP contribution in [0, 0.1) is 0 Å². The summed E-state index contributed by atoms with van der Waals surface area (Å²) >= 11 is 3.74. The summed E-state index contributed by atoms with van der Waals surface area (Å²) in [6.07, 6.45) is 0. The van der Waals surface area contributed by atoms with Gasteiger partial charge in [0.1, 0.15) is 0 Å². The molecule has 0 aliphatic heterocycles. The van der Waals surface area contributed by atoms with Crippen molar-refractivity contribution in [2.75, 3.05) is 0 Å². The average Bonchev–Trinajstić information content (AvgIpc) is 3.76. The van der Waals surface area contributed by atoms with Crippen LogP contribution in [0.5, 0.6) is 0 Å². The SMILES string of the molecule is c1ccc(-c2ccc3c4cc(-c5ccc6sc7ccccc7c6c5)ccc4n(-c4ccc5c(c4)sc4ccccc45)c3c2)cc1. The minimum absolute atomic E-state index is 1.19. The number of fused-ring (bicyclic) bond motifs is 9. The lowest BCUT2D eigenvalue weighted by Gasteiger charge is -2.10. The largest absolute Gasteiger partial charge is 0.309 e. The second kappa shape index (κ2) is 9.64. The predicted octanol–water partition coefficient (Wildman–Crippen LogP) is 12.9. The van der Waals surface area contributed by atoms with Crippen molar-refractivity contribution in [3.63, 3.8) is 0 Å². The smallest absolute Gasteiger partial charge is 0.0547 e. The lowest BCUT2D eigenvalue weighted by Crippen LogP contribution is -1.93. The van der Waals surface area contributed by atoms with Crippen molar-refractivity contribution in [3.8, 4) is 27.9 Å². The van der Waals surface area contributed by atoms with E-state index in [4.69, 9.17) is 0 Å². The Morgan fingerprint density at radius 2 is 0.889 bits per heavy atom. The average molecular weight is 608 g/mol. The van der Waals surface area contributed by atoms with Gasteiger partial charge in [0.05, 0.1) is 11.0 Å². The zero-order chi connectivity index (χ0) is 29.5. The fourth-order valence-corrected chi connectivity index (χ4v) is 9.27. The highest BCUT2D eigenvalue weighted by molar-refractivity contribution is 7.26. The van der Waals surface area contributed by atoms with Crippen molar-refractivity contribution in [2.24, 2.45) is 0 Å². The maximum atomic E-state index is 2.46. The summed E-state index contributed by atoms with van der Waals surface area (Å²) in [6.45, 7) is 0. The maximum Gasteiger partial charge on any atom is 0.0547 e. The van der Waals surface area contributed by atoms with Gasteiger partial charge in [0.25, 0.3) is 0 Å². The molecule has 0 aliphatic carbocycles. The summed E-state index contributed by atoms with van der Waals surface area (Å²) in [4.78, 5) is 0. The molecule has 1 nitrogen and oxygen atoms in total. The Balaban J connectivity index is 1.22. The van der Waals surface area contributed by atoms with Gasteiger partial charge >= 0.3 is 0 Å². The Hall–Kier alpha value is -5.22. The molecule has 0 aliphatic rings. The summed E-state index contributed by atoms with van der Waals surface area (Å²) in [7, 11) is 0. The Morgan fingerprint density at radius 3 is 1.71 bits per heavy atom. The topological polar surface area (TPSA) is 4.93 Å². The molecule has 45 heavy (non-hydrogen) atoms. The first-order valence-corrected chi connectivity index (χ1v) is 16.9. The monoisotopic (exact) mass is 607 g/mol. The highest BCUT2D eigenvalue weighted by Crippen LogP contribution is 2.41. The highest BCUT2D eigenvalue weighted by atomic mass is 32.1. The minimum Gasteiger partial charge on any atom is -0.309 e. The molecule has 0 radical (unpaired) electrons. The second-order valence-electron chi connectivity index (χ2n) is 11.8. The van der Waals surface area contributed by atoms with Gasteiger partial charge in [-0.05, 0) is 76.9 Å². The van der Waals surface area contributed by atoms with Crippen LogP contribution in [0.2, 0.25) is 0 Å². The van der Waals surface area contributed by atoms with Crippen LogP contribution in [-0.2, 0) is 0 Å². The lowest BCUT2D eigenvalue weighted by molar-refractivity contribution is 1.19. The minimum atomic E-state index is 1.19. The lowest BCUT2D eigenvalue weighted by atomic mass is 10.00. The van der Waals surface area contributed by atoms with Gasteiger partial charge in [0.15, 0.2) is 0 Å². The van der Waals surface area contributed by atoms with E-state index in [2.05, 4.69) is 156 Å². The first kappa shape index (κ1) is 25.1. The summed E-state index contributed by atoms with van der Waals surface area (Å²) in [6, 6.07) is 56.0. The first-order valence-electron chi connectivity index (χ1n) is 15.3. The Kier molecular flexibility index (Phi) is 5.39. The molecule has 0 unspecified atom stereocenters. The third-order valence-electron chi connectivity index (χ3n) is 9.20. The zero-order valence-electron chi connectivity index (χ0n) is 24.2. The molecule has 0 saturated heterocycles. The number of aromatic nitrogens is 1. The molecule has 3 aromatic heterocycles. The Labute approximate surface area is 267 Å². The molecule has 0 saturated carbocycles. The normalized spacial score (nSPS) is 12.0. The fourth-order valence-electron chi connectivity index (χ4n) is 7.05. The van der Waals surface area contributed by atoms with E-state index in [0.717, 1.165) is 0 Å². The van der Waals surface area contributed by atoms with Gasteiger partial charge < -0.3 is 4.57 Å². The summed E-state index contributed by atoms with van der Waals surface area (Å²) in [5, 5.41) is 7.86. The molecule has 7 aromatic carbocycles. The van der Waals surface area contributed by atoms with Crippen LogP contribution in [0.4, 0.5) is 0 Å². The number of rotatable bonds is 3. The summed E-state index contributed by atoms with van der Waals surface area (Å²) in [5.74, 6) is 0. The molecule has 0 bridgehead atoms.